The molecule has 1 saturated carbocycles. The van der Waals surface area contributed by atoms with Gasteiger partial charge in [0.15, 0.2) is 0 Å². The minimum absolute atomic E-state index is 0.134. The van der Waals surface area contributed by atoms with E-state index in [-0.39, 0.29) is 5.91 Å². The van der Waals surface area contributed by atoms with E-state index in [0.717, 1.165) is 23.3 Å². The summed E-state index contributed by atoms with van der Waals surface area (Å²) >= 11 is 4.24. The van der Waals surface area contributed by atoms with E-state index in [1.54, 1.807) is 0 Å². The second kappa shape index (κ2) is 6.28. The van der Waals surface area contributed by atoms with Gasteiger partial charge in [0.25, 0.3) is 5.91 Å². The zero-order valence-electron chi connectivity index (χ0n) is 10.9. The maximum Gasteiger partial charge on any atom is 0.253 e. The number of nitrogens with zero attached hydrogens (tertiary/aromatic N) is 1. The Balaban J connectivity index is 2.05. The van der Waals surface area contributed by atoms with E-state index in [1.807, 2.05) is 36.2 Å². The van der Waals surface area contributed by atoms with E-state index in [1.165, 1.54) is 25.7 Å². The Kier molecular flexibility index (Phi) is 4.70. The topological polar surface area (TPSA) is 20.3 Å². The molecule has 0 saturated heterocycles. The fraction of sp³-hybridized carbons (Fsp3) is 0.533. The normalized spacial score (nSPS) is 17.2. The summed E-state index contributed by atoms with van der Waals surface area (Å²) in [5, 5.41) is 0. The standard InChI is InChI=1S/C15H21NOS/c1-16(13-6-4-2-3-5-7-13)15(17)12-8-10-14(18)11-9-12/h8-11,13,18H,2-7H2,1H3. The van der Waals surface area contributed by atoms with E-state index in [4.69, 9.17) is 0 Å². The van der Waals surface area contributed by atoms with Crippen molar-refractivity contribution in [1.82, 2.24) is 4.90 Å². The van der Waals surface area contributed by atoms with E-state index in [0.29, 0.717) is 6.04 Å². The molecule has 1 fully saturated rings. The smallest absolute Gasteiger partial charge is 0.253 e. The van der Waals surface area contributed by atoms with Gasteiger partial charge in [-0.25, -0.2) is 0 Å². The molecule has 1 aromatic carbocycles. The third-order valence-electron chi connectivity index (χ3n) is 3.81. The van der Waals surface area contributed by atoms with Crippen molar-refractivity contribution in [1.29, 1.82) is 0 Å². The number of benzene rings is 1. The number of hydrogen-bond donors (Lipinski definition) is 1. The van der Waals surface area contributed by atoms with Crippen LogP contribution in [0.4, 0.5) is 0 Å². The fourth-order valence-corrected chi connectivity index (χ4v) is 2.77. The first-order valence-corrected chi connectivity index (χ1v) is 7.19. The van der Waals surface area contributed by atoms with Crippen LogP contribution in [-0.2, 0) is 0 Å². The largest absolute Gasteiger partial charge is 0.339 e. The average molecular weight is 263 g/mol. The summed E-state index contributed by atoms with van der Waals surface area (Å²) in [7, 11) is 1.94. The highest BCUT2D eigenvalue weighted by Gasteiger charge is 2.21. The molecule has 0 atom stereocenters. The molecule has 1 aliphatic rings. The van der Waals surface area contributed by atoms with Crippen molar-refractivity contribution in [3.8, 4) is 0 Å². The molecule has 2 rings (SSSR count). The monoisotopic (exact) mass is 263 g/mol. The van der Waals surface area contributed by atoms with Gasteiger partial charge in [0.2, 0.25) is 0 Å². The second-order valence-corrected chi connectivity index (χ2v) is 5.62. The van der Waals surface area contributed by atoms with Gasteiger partial charge in [0.05, 0.1) is 0 Å². The highest BCUT2D eigenvalue weighted by Crippen LogP contribution is 2.22. The summed E-state index contributed by atoms with van der Waals surface area (Å²) in [6, 6.07) is 7.88. The van der Waals surface area contributed by atoms with Crippen LogP contribution in [0.2, 0.25) is 0 Å². The molecule has 0 aromatic heterocycles. The van der Waals surface area contributed by atoms with Crippen LogP contribution in [-0.4, -0.2) is 23.9 Å². The molecule has 1 amide bonds. The van der Waals surface area contributed by atoms with Crippen LogP contribution in [0.25, 0.3) is 0 Å². The maximum atomic E-state index is 12.4. The number of rotatable bonds is 2. The lowest BCUT2D eigenvalue weighted by atomic mass is 10.1. The van der Waals surface area contributed by atoms with Crippen molar-refractivity contribution in [3.05, 3.63) is 29.8 Å². The van der Waals surface area contributed by atoms with Crippen LogP contribution >= 0.6 is 12.6 Å². The first-order chi connectivity index (χ1) is 8.68. The van der Waals surface area contributed by atoms with Gasteiger partial charge in [-0.15, -0.1) is 12.6 Å². The average Bonchev–Trinajstić information content (AvgIpc) is 2.67. The molecule has 0 radical (unpaired) electrons. The fourth-order valence-electron chi connectivity index (χ4n) is 2.62. The predicted octanol–water partition coefficient (Wildman–Crippen LogP) is 3.77. The lowest BCUT2D eigenvalue weighted by Gasteiger charge is -2.27. The first-order valence-electron chi connectivity index (χ1n) is 6.74. The number of carbonyl (C=O) groups is 1. The van der Waals surface area contributed by atoms with E-state index in [2.05, 4.69) is 12.6 Å². The number of amides is 1. The molecule has 98 valence electrons. The zero-order valence-corrected chi connectivity index (χ0v) is 11.8. The van der Waals surface area contributed by atoms with Gasteiger partial charge in [-0.1, -0.05) is 25.7 Å². The Morgan fingerprint density at radius 3 is 2.22 bits per heavy atom. The van der Waals surface area contributed by atoms with E-state index < -0.39 is 0 Å². The molecule has 3 heteroatoms. The van der Waals surface area contributed by atoms with Gasteiger partial charge in [0.1, 0.15) is 0 Å². The Bertz CT molecular complexity index is 393. The number of carbonyl (C=O) groups excluding carboxylic acids is 1. The molecule has 1 aromatic rings. The summed E-state index contributed by atoms with van der Waals surface area (Å²) in [4.78, 5) is 15.2. The molecule has 0 spiro atoms. The quantitative estimate of drug-likeness (QED) is 0.636. The molecule has 1 aliphatic carbocycles. The lowest BCUT2D eigenvalue weighted by molar-refractivity contribution is 0.0717. The molecular weight excluding hydrogens is 242 g/mol. The molecule has 18 heavy (non-hydrogen) atoms. The second-order valence-electron chi connectivity index (χ2n) is 5.11. The summed E-state index contributed by atoms with van der Waals surface area (Å²) in [6.07, 6.45) is 7.41. The molecule has 0 N–H and O–H groups in total. The third-order valence-corrected chi connectivity index (χ3v) is 4.11. The summed E-state index contributed by atoms with van der Waals surface area (Å²) in [5.41, 5.74) is 0.763. The van der Waals surface area contributed by atoms with Gasteiger partial charge in [-0.05, 0) is 37.1 Å². The highest BCUT2D eigenvalue weighted by molar-refractivity contribution is 7.80. The molecule has 0 heterocycles. The summed E-state index contributed by atoms with van der Waals surface area (Å²) in [5.74, 6) is 0.134. The molecule has 0 bridgehead atoms. The lowest BCUT2D eigenvalue weighted by Crippen LogP contribution is -2.36. The summed E-state index contributed by atoms with van der Waals surface area (Å²) < 4.78 is 0. The van der Waals surface area contributed by atoms with Gasteiger partial charge in [-0.2, -0.15) is 0 Å². The van der Waals surface area contributed by atoms with Crippen LogP contribution in [0.1, 0.15) is 48.9 Å². The SMILES string of the molecule is CN(C(=O)c1ccc(S)cc1)C1CCCCCC1. The predicted molar refractivity (Wildman–Crippen MR) is 77.3 cm³/mol. The van der Waals surface area contributed by atoms with Crippen molar-refractivity contribution in [2.75, 3.05) is 7.05 Å². The van der Waals surface area contributed by atoms with Crippen molar-refractivity contribution < 1.29 is 4.79 Å². The highest BCUT2D eigenvalue weighted by atomic mass is 32.1. The van der Waals surface area contributed by atoms with Crippen LogP contribution in [0.3, 0.4) is 0 Å². The van der Waals surface area contributed by atoms with Crippen molar-refractivity contribution in [2.45, 2.75) is 49.5 Å². The van der Waals surface area contributed by atoms with Crippen molar-refractivity contribution in [3.63, 3.8) is 0 Å². The van der Waals surface area contributed by atoms with Crippen LogP contribution in [0.5, 0.6) is 0 Å². The Labute approximate surface area is 115 Å². The van der Waals surface area contributed by atoms with Gasteiger partial charge >= 0.3 is 0 Å². The maximum absolute atomic E-state index is 12.4. The third kappa shape index (κ3) is 3.29. The first kappa shape index (κ1) is 13.5. The summed E-state index contributed by atoms with van der Waals surface area (Å²) in [6.45, 7) is 0. The minimum Gasteiger partial charge on any atom is -0.339 e. The van der Waals surface area contributed by atoms with Crippen molar-refractivity contribution >= 4 is 18.5 Å². The van der Waals surface area contributed by atoms with E-state index in [9.17, 15) is 4.79 Å². The minimum atomic E-state index is 0.134. The van der Waals surface area contributed by atoms with Crippen molar-refractivity contribution in [2.24, 2.45) is 0 Å². The number of hydrogen-bond acceptors (Lipinski definition) is 2. The molecule has 0 aliphatic heterocycles. The van der Waals surface area contributed by atoms with Crippen LogP contribution < -0.4 is 0 Å². The Morgan fingerprint density at radius 1 is 1.11 bits per heavy atom. The Morgan fingerprint density at radius 2 is 1.67 bits per heavy atom. The molecular formula is C15H21NOS. The van der Waals surface area contributed by atoms with E-state index >= 15 is 0 Å². The van der Waals surface area contributed by atoms with Crippen LogP contribution in [0.15, 0.2) is 29.2 Å². The van der Waals surface area contributed by atoms with Gasteiger partial charge in [-0.3, -0.25) is 4.79 Å². The molecule has 0 unspecified atom stereocenters. The Hall–Kier alpha value is -0.960. The number of thiol groups is 1. The van der Waals surface area contributed by atoms with Gasteiger partial charge in [0, 0.05) is 23.5 Å². The van der Waals surface area contributed by atoms with Crippen LogP contribution in [0, 0.1) is 0 Å². The van der Waals surface area contributed by atoms with Gasteiger partial charge < -0.3 is 4.90 Å². The zero-order chi connectivity index (χ0) is 13.0. The molecule has 2 nitrogen and oxygen atoms in total.